The zero-order chi connectivity index (χ0) is 19.5. The average molecular weight is 376 g/mol. The fourth-order valence-corrected chi connectivity index (χ4v) is 3.51. The number of carbonyl (C=O) groups is 1. The Bertz CT molecular complexity index is 1020. The first kappa shape index (κ1) is 18.2. The van der Waals surface area contributed by atoms with Gasteiger partial charge >= 0.3 is 0 Å². The van der Waals surface area contributed by atoms with Gasteiger partial charge in [-0.15, -0.1) is 0 Å². The number of fused-ring (bicyclic) bond motifs is 1. The molecule has 1 aliphatic heterocycles. The van der Waals surface area contributed by atoms with Crippen LogP contribution < -0.4 is 10.1 Å². The predicted octanol–water partition coefficient (Wildman–Crippen LogP) is 3.86. The first-order valence-corrected chi connectivity index (χ1v) is 9.32. The lowest BCUT2D eigenvalue weighted by Crippen LogP contribution is -2.35. The Morgan fingerprint density at radius 2 is 2.04 bits per heavy atom. The summed E-state index contributed by atoms with van der Waals surface area (Å²) in [7, 11) is 0. The molecule has 0 saturated heterocycles. The molecule has 0 aliphatic carbocycles. The van der Waals surface area contributed by atoms with Gasteiger partial charge in [-0.1, -0.05) is 36.4 Å². The van der Waals surface area contributed by atoms with Crippen molar-refractivity contribution in [1.82, 2.24) is 10.3 Å². The molecule has 1 aliphatic rings. The molecule has 0 unspecified atom stereocenters. The van der Waals surface area contributed by atoms with E-state index >= 15 is 0 Å². The minimum absolute atomic E-state index is 0.0186. The van der Waals surface area contributed by atoms with E-state index in [1.165, 1.54) is 6.07 Å². The number of hydrogen-bond donors (Lipinski definition) is 1. The van der Waals surface area contributed by atoms with Gasteiger partial charge in [0.25, 0.3) is 0 Å². The van der Waals surface area contributed by atoms with E-state index in [-0.39, 0.29) is 24.2 Å². The fraction of sp³-hybridized carbons (Fsp3) is 0.217. The Kier molecular flexibility index (Phi) is 5.06. The Balaban J connectivity index is 1.42. The highest BCUT2D eigenvalue weighted by Gasteiger charge is 2.26. The van der Waals surface area contributed by atoms with Crippen molar-refractivity contribution in [2.75, 3.05) is 6.54 Å². The molecule has 1 aromatic heterocycles. The van der Waals surface area contributed by atoms with Crippen molar-refractivity contribution < 1.29 is 13.9 Å². The number of benzene rings is 2. The molecule has 2 aromatic carbocycles. The molecule has 0 fully saturated rings. The molecule has 1 amide bonds. The summed E-state index contributed by atoms with van der Waals surface area (Å²) in [5.41, 5.74) is 4.46. The standard InChI is InChI=1S/C23H21FN2O2/c1-15-6-5-11-25-22(15)19-9-4-8-17-12-18(28-23(17)19)14-26-21(27)13-16-7-2-3-10-20(16)24/h2-11,18H,12-14H2,1H3,(H,26,27)/t18-/m1/s1. The van der Waals surface area contributed by atoms with Gasteiger partial charge in [-0.05, 0) is 41.8 Å². The lowest BCUT2D eigenvalue weighted by Gasteiger charge is -2.14. The number of nitrogens with one attached hydrogen (secondary N) is 1. The summed E-state index contributed by atoms with van der Waals surface area (Å²) in [4.78, 5) is 16.7. The SMILES string of the molecule is Cc1cccnc1-c1cccc2c1O[C@@H](CNC(=O)Cc1ccccc1F)C2. The number of nitrogens with zero attached hydrogens (tertiary/aromatic N) is 1. The molecule has 0 saturated carbocycles. The van der Waals surface area contributed by atoms with Crippen LogP contribution in [0.25, 0.3) is 11.3 Å². The summed E-state index contributed by atoms with van der Waals surface area (Å²) in [6.07, 6.45) is 2.36. The van der Waals surface area contributed by atoms with E-state index in [1.807, 2.05) is 37.3 Å². The largest absolute Gasteiger partial charge is 0.487 e. The van der Waals surface area contributed by atoms with E-state index in [9.17, 15) is 9.18 Å². The average Bonchev–Trinajstić information content (AvgIpc) is 3.12. The minimum Gasteiger partial charge on any atom is -0.487 e. The van der Waals surface area contributed by atoms with Crippen LogP contribution in [0.4, 0.5) is 4.39 Å². The minimum atomic E-state index is -0.363. The molecule has 28 heavy (non-hydrogen) atoms. The Morgan fingerprint density at radius 1 is 1.18 bits per heavy atom. The van der Waals surface area contributed by atoms with Crippen LogP contribution in [0.15, 0.2) is 60.8 Å². The van der Waals surface area contributed by atoms with Gasteiger partial charge in [0.15, 0.2) is 0 Å². The summed E-state index contributed by atoms with van der Waals surface area (Å²) in [5.74, 6) is 0.251. The maximum Gasteiger partial charge on any atom is 0.224 e. The van der Waals surface area contributed by atoms with Gasteiger partial charge in [0.05, 0.1) is 18.7 Å². The molecule has 5 heteroatoms. The second kappa shape index (κ2) is 7.80. The molecule has 142 valence electrons. The van der Waals surface area contributed by atoms with Crippen molar-refractivity contribution >= 4 is 5.91 Å². The van der Waals surface area contributed by atoms with Crippen LogP contribution in [-0.2, 0) is 17.6 Å². The molecule has 1 N–H and O–H groups in total. The van der Waals surface area contributed by atoms with Crippen molar-refractivity contribution in [2.24, 2.45) is 0 Å². The third-order valence-corrected chi connectivity index (χ3v) is 4.93. The number of carbonyl (C=O) groups excluding carboxylic acids is 1. The summed E-state index contributed by atoms with van der Waals surface area (Å²) < 4.78 is 19.8. The highest BCUT2D eigenvalue weighted by Crippen LogP contribution is 2.38. The number of aryl methyl sites for hydroxylation is 1. The van der Waals surface area contributed by atoms with Crippen LogP contribution in [0.5, 0.6) is 5.75 Å². The smallest absolute Gasteiger partial charge is 0.224 e. The van der Waals surface area contributed by atoms with Gasteiger partial charge in [0.1, 0.15) is 17.7 Å². The summed E-state index contributed by atoms with van der Waals surface area (Å²) >= 11 is 0. The molecule has 1 atom stereocenters. The summed E-state index contributed by atoms with van der Waals surface area (Å²) in [6, 6.07) is 16.3. The van der Waals surface area contributed by atoms with Crippen molar-refractivity contribution in [1.29, 1.82) is 0 Å². The number of ether oxygens (including phenoxy) is 1. The van der Waals surface area contributed by atoms with Gasteiger partial charge in [0.2, 0.25) is 5.91 Å². The van der Waals surface area contributed by atoms with Crippen LogP contribution >= 0.6 is 0 Å². The summed E-state index contributed by atoms with van der Waals surface area (Å²) in [5, 5.41) is 2.86. The highest BCUT2D eigenvalue weighted by molar-refractivity contribution is 5.78. The Morgan fingerprint density at radius 3 is 2.86 bits per heavy atom. The second-order valence-corrected chi connectivity index (χ2v) is 6.98. The maximum absolute atomic E-state index is 13.7. The van der Waals surface area contributed by atoms with Crippen molar-refractivity contribution in [2.45, 2.75) is 25.9 Å². The summed E-state index contributed by atoms with van der Waals surface area (Å²) in [6.45, 7) is 2.40. The fourth-order valence-electron chi connectivity index (χ4n) is 3.51. The van der Waals surface area contributed by atoms with Crippen LogP contribution in [0.3, 0.4) is 0 Å². The zero-order valence-corrected chi connectivity index (χ0v) is 15.6. The number of pyridine rings is 1. The number of aromatic nitrogens is 1. The maximum atomic E-state index is 13.7. The quantitative estimate of drug-likeness (QED) is 0.736. The van der Waals surface area contributed by atoms with E-state index in [0.717, 1.165) is 34.6 Å². The monoisotopic (exact) mass is 376 g/mol. The molecule has 2 heterocycles. The van der Waals surface area contributed by atoms with Gasteiger partial charge < -0.3 is 10.1 Å². The van der Waals surface area contributed by atoms with E-state index < -0.39 is 0 Å². The third-order valence-electron chi connectivity index (χ3n) is 4.93. The van der Waals surface area contributed by atoms with Crippen LogP contribution in [0.2, 0.25) is 0 Å². The van der Waals surface area contributed by atoms with Crippen LogP contribution in [-0.4, -0.2) is 23.5 Å². The van der Waals surface area contributed by atoms with Gasteiger partial charge in [-0.3, -0.25) is 9.78 Å². The van der Waals surface area contributed by atoms with E-state index in [0.29, 0.717) is 12.1 Å². The zero-order valence-electron chi connectivity index (χ0n) is 15.6. The number of halogens is 1. The van der Waals surface area contributed by atoms with Gasteiger partial charge in [0, 0.05) is 18.2 Å². The van der Waals surface area contributed by atoms with Crippen LogP contribution in [0, 0.1) is 12.7 Å². The van der Waals surface area contributed by atoms with Gasteiger partial charge in [-0.2, -0.15) is 0 Å². The molecule has 0 bridgehead atoms. The second-order valence-electron chi connectivity index (χ2n) is 6.98. The van der Waals surface area contributed by atoms with E-state index in [2.05, 4.69) is 10.3 Å². The molecular weight excluding hydrogens is 355 g/mol. The van der Waals surface area contributed by atoms with E-state index in [4.69, 9.17) is 4.74 Å². The third kappa shape index (κ3) is 3.74. The Labute approximate surface area is 163 Å². The van der Waals surface area contributed by atoms with Crippen molar-refractivity contribution in [3.05, 3.63) is 83.3 Å². The molecular formula is C23H21FN2O2. The number of amides is 1. The van der Waals surface area contributed by atoms with Crippen molar-refractivity contribution in [3.8, 4) is 17.0 Å². The highest BCUT2D eigenvalue weighted by atomic mass is 19.1. The first-order valence-electron chi connectivity index (χ1n) is 9.32. The molecule has 3 aromatic rings. The molecule has 0 radical (unpaired) electrons. The lowest BCUT2D eigenvalue weighted by atomic mass is 10.0. The topological polar surface area (TPSA) is 51.2 Å². The molecule has 4 nitrogen and oxygen atoms in total. The van der Waals surface area contributed by atoms with Crippen LogP contribution in [0.1, 0.15) is 16.7 Å². The lowest BCUT2D eigenvalue weighted by molar-refractivity contribution is -0.120. The normalized spacial score (nSPS) is 15.0. The number of rotatable bonds is 5. The Hall–Kier alpha value is -3.21. The van der Waals surface area contributed by atoms with Gasteiger partial charge in [-0.25, -0.2) is 4.39 Å². The number of hydrogen-bond acceptors (Lipinski definition) is 3. The number of para-hydroxylation sites is 1. The molecule has 0 spiro atoms. The van der Waals surface area contributed by atoms with E-state index in [1.54, 1.807) is 24.4 Å². The predicted molar refractivity (Wildman–Crippen MR) is 106 cm³/mol. The molecule has 4 rings (SSSR count). The first-order chi connectivity index (χ1) is 13.6. The van der Waals surface area contributed by atoms with Crippen molar-refractivity contribution in [3.63, 3.8) is 0 Å².